The number of nitrogens with one attached hydrogen (secondary N) is 1. The number of aromatic nitrogens is 1. The quantitative estimate of drug-likeness (QED) is 0.436. The molecule has 0 saturated carbocycles. The average Bonchev–Trinajstić information content (AvgIpc) is 3.16. The molecule has 0 spiro atoms. The van der Waals surface area contributed by atoms with E-state index in [2.05, 4.69) is 10.3 Å². The van der Waals surface area contributed by atoms with Gasteiger partial charge in [-0.2, -0.15) is 13.2 Å². The highest BCUT2D eigenvalue weighted by atomic mass is 32.1. The lowest BCUT2D eigenvalue weighted by Gasteiger charge is -2.10. The van der Waals surface area contributed by atoms with E-state index >= 15 is 0 Å². The number of anilines is 1. The van der Waals surface area contributed by atoms with Crippen molar-refractivity contribution in [3.8, 4) is 0 Å². The predicted molar refractivity (Wildman–Crippen MR) is 108 cm³/mol. The smallest absolute Gasteiger partial charge is 0.319 e. The van der Waals surface area contributed by atoms with Crippen molar-refractivity contribution in [2.45, 2.75) is 12.6 Å². The number of nitrogens with zero attached hydrogens (tertiary/aromatic N) is 1. The molecule has 4 rings (SSSR count). The minimum Gasteiger partial charge on any atom is -0.319 e. The number of benzene rings is 2. The largest absolute Gasteiger partial charge is 0.416 e. The van der Waals surface area contributed by atoms with E-state index < -0.39 is 11.7 Å². The summed E-state index contributed by atoms with van der Waals surface area (Å²) in [5.74, 6) is -0.264. The molecule has 2 heterocycles. The van der Waals surface area contributed by atoms with Crippen LogP contribution >= 0.6 is 11.3 Å². The summed E-state index contributed by atoms with van der Waals surface area (Å²) in [6.45, 7) is 0. The van der Waals surface area contributed by atoms with Crippen LogP contribution in [0.15, 0.2) is 72.2 Å². The molecule has 7 heteroatoms. The number of hydrogen-bond donors (Lipinski definition) is 1. The molecule has 0 unspecified atom stereocenters. The van der Waals surface area contributed by atoms with E-state index in [9.17, 15) is 18.0 Å². The fraction of sp³-hybridized carbons (Fsp3) is 0.0909. The van der Waals surface area contributed by atoms with Crippen molar-refractivity contribution in [2.75, 3.05) is 5.32 Å². The predicted octanol–water partition coefficient (Wildman–Crippen LogP) is 6.16. The van der Waals surface area contributed by atoms with Gasteiger partial charge in [0.05, 0.1) is 21.6 Å². The molecule has 1 N–H and O–H groups in total. The van der Waals surface area contributed by atoms with Crippen LogP contribution in [-0.4, -0.2) is 10.9 Å². The molecule has 0 atom stereocenters. The van der Waals surface area contributed by atoms with Crippen molar-refractivity contribution < 1.29 is 18.0 Å². The zero-order valence-electron chi connectivity index (χ0n) is 15.0. The van der Waals surface area contributed by atoms with E-state index in [0.717, 1.165) is 23.1 Å². The minimum atomic E-state index is -4.36. The van der Waals surface area contributed by atoms with E-state index in [-0.39, 0.29) is 5.91 Å². The van der Waals surface area contributed by atoms with Crippen molar-refractivity contribution in [2.24, 2.45) is 0 Å². The van der Waals surface area contributed by atoms with Gasteiger partial charge in [0.2, 0.25) is 0 Å². The molecular formula is C22H15F3N2OS. The maximum Gasteiger partial charge on any atom is 0.416 e. The first-order valence-electron chi connectivity index (χ1n) is 8.79. The Bertz CT molecular complexity index is 1160. The lowest BCUT2D eigenvalue weighted by molar-refractivity contribution is -0.137. The van der Waals surface area contributed by atoms with Crippen LogP contribution in [0.1, 0.15) is 26.4 Å². The number of amides is 1. The zero-order valence-corrected chi connectivity index (χ0v) is 15.8. The molecule has 4 aromatic rings. The first-order chi connectivity index (χ1) is 13.9. The van der Waals surface area contributed by atoms with E-state index in [4.69, 9.17) is 0 Å². The molecule has 0 aliphatic carbocycles. The standard InChI is InChI=1S/C22H15F3N2OS/c23-22(24,25)17-8-6-14(7-9-17)13-16-10-12-29-20(16)21(28)27-18-5-1-3-15-4-2-11-26-19(15)18/h1-12H,13H2,(H,27,28). The number of thiophene rings is 1. The summed E-state index contributed by atoms with van der Waals surface area (Å²) in [6, 6.07) is 16.1. The summed E-state index contributed by atoms with van der Waals surface area (Å²) in [7, 11) is 0. The molecule has 0 saturated heterocycles. The topological polar surface area (TPSA) is 42.0 Å². The van der Waals surface area contributed by atoms with E-state index in [1.807, 2.05) is 30.3 Å². The van der Waals surface area contributed by atoms with Crippen LogP contribution in [0.25, 0.3) is 10.9 Å². The van der Waals surface area contributed by atoms with Crippen LogP contribution in [0.3, 0.4) is 0 Å². The molecule has 0 aliphatic heterocycles. The Kier molecular flexibility index (Phi) is 5.07. The van der Waals surface area contributed by atoms with E-state index in [1.54, 1.807) is 17.6 Å². The minimum absolute atomic E-state index is 0.264. The van der Waals surface area contributed by atoms with Gasteiger partial charge in [-0.25, -0.2) is 0 Å². The summed E-state index contributed by atoms with van der Waals surface area (Å²) in [4.78, 5) is 17.7. The second-order valence-corrected chi connectivity index (χ2v) is 7.40. The third-order valence-corrected chi connectivity index (χ3v) is 5.47. The van der Waals surface area contributed by atoms with Gasteiger partial charge in [0, 0.05) is 11.6 Å². The maximum absolute atomic E-state index is 12.8. The van der Waals surface area contributed by atoms with Gasteiger partial charge in [-0.3, -0.25) is 9.78 Å². The number of alkyl halides is 3. The second kappa shape index (κ2) is 7.67. The Balaban J connectivity index is 1.55. The Morgan fingerprint density at radius 3 is 2.52 bits per heavy atom. The summed E-state index contributed by atoms with van der Waals surface area (Å²) in [6.07, 6.45) is -2.32. The van der Waals surface area contributed by atoms with Crippen LogP contribution in [-0.2, 0) is 12.6 Å². The van der Waals surface area contributed by atoms with Crippen LogP contribution in [0, 0.1) is 0 Å². The number of rotatable bonds is 4. The van der Waals surface area contributed by atoms with Crippen molar-refractivity contribution >= 4 is 33.8 Å². The molecule has 0 radical (unpaired) electrons. The third-order valence-electron chi connectivity index (χ3n) is 4.51. The molecule has 2 aromatic heterocycles. The van der Waals surface area contributed by atoms with Crippen LogP contribution in [0.4, 0.5) is 18.9 Å². The molecular weight excluding hydrogens is 397 g/mol. The molecule has 0 aliphatic rings. The third kappa shape index (κ3) is 4.14. The van der Waals surface area contributed by atoms with Gasteiger partial charge in [-0.05, 0) is 53.3 Å². The maximum atomic E-state index is 12.8. The SMILES string of the molecule is O=C(Nc1cccc2cccnc12)c1sccc1Cc1ccc(C(F)(F)F)cc1. The molecule has 2 aromatic carbocycles. The van der Waals surface area contributed by atoms with Crippen LogP contribution in [0.2, 0.25) is 0 Å². The van der Waals surface area contributed by atoms with Gasteiger partial charge in [-0.15, -0.1) is 11.3 Å². The van der Waals surface area contributed by atoms with Crippen LogP contribution < -0.4 is 5.32 Å². The number of carbonyl (C=O) groups is 1. The first kappa shape index (κ1) is 19.1. The highest BCUT2D eigenvalue weighted by Crippen LogP contribution is 2.30. The number of hydrogen-bond acceptors (Lipinski definition) is 3. The van der Waals surface area contributed by atoms with Crippen molar-refractivity contribution in [1.29, 1.82) is 0 Å². The number of fused-ring (bicyclic) bond motifs is 1. The highest BCUT2D eigenvalue weighted by molar-refractivity contribution is 7.12. The number of halogens is 3. The van der Waals surface area contributed by atoms with Gasteiger partial charge >= 0.3 is 6.18 Å². The zero-order chi connectivity index (χ0) is 20.4. The Hall–Kier alpha value is -3.19. The fourth-order valence-electron chi connectivity index (χ4n) is 3.09. The molecule has 146 valence electrons. The first-order valence-corrected chi connectivity index (χ1v) is 9.67. The Morgan fingerprint density at radius 2 is 1.76 bits per heavy atom. The molecule has 0 bridgehead atoms. The normalized spacial score (nSPS) is 11.6. The average molecular weight is 412 g/mol. The Labute approximate surface area is 168 Å². The molecule has 1 amide bonds. The van der Waals surface area contributed by atoms with Gasteiger partial charge in [-0.1, -0.05) is 30.3 Å². The lowest BCUT2D eigenvalue weighted by Crippen LogP contribution is -2.13. The van der Waals surface area contributed by atoms with Crippen molar-refractivity contribution in [1.82, 2.24) is 4.98 Å². The number of para-hydroxylation sites is 1. The van der Waals surface area contributed by atoms with Crippen molar-refractivity contribution in [3.05, 3.63) is 93.8 Å². The second-order valence-electron chi connectivity index (χ2n) is 6.48. The molecule has 3 nitrogen and oxygen atoms in total. The van der Waals surface area contributed by atoms with Gasteiger partial charge in [0.25, 0.3) is 5.91 Å². The van der Waals surface area contributed by atoms with Crippen molar-refractivity contribution in [3.63, 3.8) is 0 Å². The summed E-state index contributed by atoms with van der Waals surface area (Å²) in [5, 5.41) is 5.62. The van der Waals surface area contributed by atoms with E-state index in [1.165, 1.54) is 23.5 Å². The number of pyridine rings is 1. The summed E-state index contributed by atoms with van der Waals surface area (Å²) < 4.78 is 38.2. The fourth-order valence-corrected chi connectivity index (χ4v) is 3.91. The van der Waals surface area contributed by atoms with Gasteiger partial charge in [0.15, 0.2) is 0 Å². The van der Waals surface area contributed by atoms with Crippen LogP contribution in [0.5, 0.6) is 0 Å². The monoisotopic (exact) mass is 412 g/mol. The molecule has 0 fully saturated rings. The summed E-state index contributed by atoms with van der Waals surface area (Å²) >= 11 is 1.30. The Morgan fingerprint density at radius 1 is 1.00 bits per heavy atom. The van der Waals surface area contributed by atoms with E-state index in [0.29, 0.717) is 28.1 Å². The molecule has 29 heavy (non-hydrogen) atoms. The van der Waals surface area contributed by atoms with Gasteiger partial charge < -0.3 is 5.32 Å². The lowest BCUT2D eigenvalue weighted by atomic mass is 10.0. The highest BCUT2D eigenvalue weighted by Gasteiger charge is 2.30. The van der Waals surface area contributed by atoms with Gasteiger partial charge in [0.1, 0.15) is 0 Å². The summed E-state index contributed by atoms with van der Waals surface area (Å²) in [5.41, 5.74) is 2.09. The number of carbonyl (C=O) groups excluding carboxylic acids is 1.